The third-order valence-corrected chi connectivity index (χ3v) is 3.63. The summed E-state index contributed by atoms with van der Waals surface area (Å²) in [7, 11) is 0. The second kappa shape index (κ2) is 5.13. The van der Waals surface area contributed by atoms with Gasteiger partial charge in [-0.15, -0.1) is 0 Å². The molecule has 2 heteroatoms. The van der Waals surface area contributed by atoms with Crippen molar-refractivity contribution in [1.29, 1.82) is 0 Å². The van der Waals surface area contributed by atoms with Crippen LogP contribution in [0.15, 0.2) is 0 Å². The van der Waals surface area contributed by atoms with Crippen LogP contribution in [0.1, 0.15) is 45.4 Å². The molecule has 82 valence electrons. The molecule has 1 N–H and O–H groups in total. The van der Waals surface area contributed by atoms with Gasteiger partial charge in [0.05, 0.1) is 0 Å². The smallest absolute Gasteiger partial charge is 0.0480 e. The summed E-state index contributed by atoms with van der Waals surface area (Å²) in [5, 5.41) is 3.81. The summed E-state index contributed by atoms with van der Waals surface area (Å²) in [6, 6.07) is 1.53. The molecule has 2 atom stereocenters. The molecule has 1 heterocycles. The Labute approximate surface area is 87.4 Å². The molecule has 14 heavy (non-hydrogen) atoms. The highest BCUT2D eigenvalue weighted by atomic mass is 16.5. The largest absolute Gasteiger partial charge is 0.381 e. The van der Waals surface area contributed by atoms with Gasteiger partial charge in [-0.25, -0.2) is 0 Å². The van der Waals surface area contributed by atoms with Crippen molar-refractivity contribution in [3.8, 4) is 0 Å². The Bertz CT molecular complexity index is 166. The van der Waals surface area contributed by atoms with Crippen molar-refractivity contribution in [2.45, 2.75) is 57.5 Å². The van der Waals surface area contributed by atoms with Gasteiger partial charge in [-0.2, -0.15) is 0 Å². The summed E-state index contributed by atoms with van der Waals surface area (Å²) >= 11 is 0. The molecule has 0 radical (unpaired) electrons. The fourth-order valence-corrected chi connectivity index (χ4v) is 2.78. The lowest BCUT2D eigenvalue weighted by molar-refractivity contribution is 0.0721. The Hall–Kier alpha value is -0.0800. The minimum atomic E-state index is 0.735. The Kier molecular flexibility index (Phi) is 3.82. The Balaban J connectivity index is 1.72. The van der Waals surface area contributed by atoms with Crippen molar-refractivity contribution >= 4 is 0 Å². The third kappa shape index (κ3) is 2.96. The first-order valence-corrected chi connectivity index (χ1v) is 6.18. The van der Waals surface area contributed by atoms with Crippen LogP contribution in [0.4, 0.5) is 0 Å². The number of rotatable bonds is 2. The van der Waals surface area contributed by atoms with Crippen LogP contribution in [0, 0.1) is 5.92 Å². The highest BCUT2D eigenvalue weighted by Gasteiger charge is 2.22. The predicted molar refractivity (Wildman–Crippen MR) is 58.4 cm³/mol. The molecular formula is C12H23NO. The van der Waals surface area contributed by atoms with Crippen molar-refractivity contribution in [3.05, 3.63) is 0 Å². The molecule has 2 unspecified atom stereocenters. The van der Waals surface area contributed by atoms with E-state index in [2.05, 4.69) is 12.2 Å². The number of hydrogen-bond acceptors (Lipinski definition) is 2. The van der Waals surface area contributed by atoms with Gasteiger partial charge in [0.25, 0.3) is 0 Å². The van der Waals surface area contributed by atoms with Gasteiger partial charge in [-0.05, 0) is 31.6 Å². The van der Waals surface area contributed by atoms with Crippen molar-refractivity contribution in [2.75, 3.05) is 13.2 Å². The van der Waals surface area contributed by atoms with Gasteiger partial charge in [0, 0.05) is 25.3 Å². The zero-order valence-electron chi connectivity index (χ0n) is 9.30. The van der Waals surface area contributed by atoms with Crippen LogP contribution in [0.2, 0.25) is 0 Å². The van der Waals surface area contributed by atoms with E-state index in [0.717, 1.165) is 31.2 Å². The van der Waals surface area contributed by atoms with E-state index in [9.17, 15) is 0 Å². The van der Waals surface area contributed by atoms with Gasteiger partial charge in [-0.1, -0.05) is 19.8 Å². The van der Waals surface area contributed by atoms with Crippen molar-refractivity contribution < 1.29 is 4.74 Å². The SMILES string of the molecule is CC1CCCC(NC2CCOCC2)C1. The average molecular weight is 197 g/mol. The fourth-order valence-electron chi connectivity index (χ4n) is 2.78. The van der Waals surface area contributed by atoms with Crippen molar-refractivity contribution in [1.82, 2.24) is 5.32 Å². The topological polar surface area (TPSA) is 21.3 Å². The summed E-state index contributed by atoms with van der Waals surface area (Å²) in [4.78, 5) is 0. The molecule has 1 aliphatic carbocycles. The van der Waals surface area contributed by atoms with Crippen molar-refractivity contribution in [3.63, 3.8) is 0 Å². The van der Waals surface area contributed by atoms with E-state index < -0.39 is 0 Å². The van der Waals surface area contributed by atoms with E-state index in [-0.39, 0.29) is 0 Å². The van der Waals surface area contributed by atoms with E-state index in [1.54, 1.807) is 0 Å². The van der Waals surface area contributed by atoms with Gasteiger partial charge in [0.1, 0.15) is 0 Å². The van der Waals surface area contributed by atoms with E-state index in [4.69, 9.17) is 4.74 Å². The van der Waals surface area contributed by atoms with Crippen LogP contribution < -0.4 is 5.32 Å². The highest BCUT2D eigenvalue weighted by Crippen LogP contribution is 2.24. The molecule has 1 saturated carbocycles. The van der Waals surface area contributed by atoms with Gasteiger partial charge in [0.2, 0.25) is 0 Å². The zero-order chi connectivity index (χ0) is 9.80. The summed E-state index contributed by atoms with van der Waals surface area (Å²) in [6.45, 7) is 4.30. The molecule has 0 aromatic carbocycles. The summed E-state index contributed by atoms with van der Waals surface area (Å²) in [5.74, 6) is 0.932. The van der Waals surface area contributed by atoms with Crippen LogP contribution >= 0.6 is 0 Å². The van der Waals surface area contributed by atoms with Crippen LogP contribution in [0.5, 0.6) is 0 Å². The monoisotopic (exact) mass is 197 g/mol. The van der Waals surface area contributed by atoms with Crippen LogP contribution in [-0.4, -0.2) is 25.3 Å². The van der Waals surface area contributed by atoms with E-state index in [0.29, 0.717) is 0 Å². The second-order valence-electron chi connectivity index (χ2n) is 5.02. The van der Waals surface area contributed by atoms with Gasteiger partial charge in [0.15, 0.2) is 0 Å². The number of hydrogen-bond donors (Lipinski definition) is 1. The molecule has 0 bridgehead atoms. The zero-order valence-corrected chi connectivity index (χ0v) is 9.30. The molecule has 2 aliphatic rings. The molecule has 0 amide bonds. The maximum Gasteiger partial charge on any atom is 0.0480 e. The quantitative estimate of drug-likeness (QED) is 0.733. The van der Waals surface area contributed by atoms with Crippen LogP contribution in [0.25, 0.3) is 0 Å². The minimum Gasteiger partial charge on any atom is -0.381 e. The van der Waals surface area contributed by atoms with Gasteiger partial charge >= 0.3 is 0 Å². The molecular weight excluding hydrogens is 174 g/mol. The maximum atomic E-state index is 5.37. The van der Waals surface area contributed by atoms with E-state index in [1.165, 1.54) is 38.5 Å². The molecule has 1 saturated heterocycles. The third-order valence-electron chi connectivity index (χ3n) is 3.63. The number of nitrogens with one attached hydrogen (secondary N) is 1. The minimum absolute atomic E-state index is 0.735. The molecule has 0 aromatic rings. The van der Waals surface area contributed by atoms with Gasteiger partial charge < -0.3 is 10.1 Å². The van der Waals surface area contributed by atoms with Crippen molar-refractivity contribution in [2.24, 2.45) is 5.92 Å². The lowest BCUT2D eigenvalue weighted by atomic mass is 9.86. The molecule has 1 aliphatic heterocycles. The fraction of sp³-hybridized carbons (Fsp3) is 1.00. The first kappa shape index (κ1) is 10.4. The first-order chi connectivity index (χ1) is 6.84. The van der Waals surface area contributed by atoms with Gasteiger partial charge in [-0.3, -0.25) is 0 Å². The van der Waals surface area contributed by atoms with E-state index >= 15 is 0 Å². The Morgan fingerprint density at radius 1 is 1.00 bits per heavy atom. The normalized spacial score (nSPS) is 35.8. The molecule has 2 rings (SSSR count). The molecule has 0 aromatic heterocycles. The molecule has 2 nitrogen and oxygen atoms in total. The predicted octanol–water partition coefficient (Wildman–Crippen LogP) is 2.33. The highest BCUT2D eigenvalue weighted by molar-refractivity contribution is 4.80. The summed E-state index contributed by atoms with van der Waals surface area (Å²) in [5.41, 5.74) is 0. The molecule has 2 fully saturated rings. The van der Waals surface area contributed by atoms with E-state index in [1.807, 2.05) is 0 Å². The summed E-state index contributed by atoms with van der Waals surface area (Å²) < 4.78 is 5.37. The standard InChI is InChI=1S/C12H23NO/c1-10-3-2-4-12(9-10)13-11-5-7-14-8-6-11/h10-13H,2-9H2,1H3. The lowest BCUT2D eigenvalue weighted by Gasteiger charge is -2.33. The lowest BCUT2D eigenvalue weighted by Crippen LogP contribution is -2.43. The van der Waals surface area contributed by atoms with Crippen LogP contribution in [-0.2, 0) is 4.74 Å². The number of ether oxygens (including phenoxy) is 1. The Morgan fingerprint density at radius 3 is 2.50 bits per heavy atom. The maximum absolute atomic E-state index is 5.37. The first-order valence-electron chi connectivity index (χ1n) is 6.18. The second-order valence-corrected chi connectivity index (χ2v) is 5.02. The Morgan fingerprint density at radius 2 is 1.79 bits per heavy atom. The molecule has 0 spiro atoms. The van der Waals surface area contributed by atoms with Crippen LogP contribution in [0.3, 0.4) is 0 Å². The average Bonchev–Trinajstić information content (AvgIpc) is 2.19. The summed E-state index contributed by atoms with van der Waals surface area (Å²) in [6.07, 6.45) is 8.06.